The third-order valence-corrected chi connectivity index (χ3v) is 4.69. The number of nitrogens with one attached hydrogen (secondary N) is 1. The molecular weight excluding hydrogens is 300 g/mol. The minimum atomic E-state index is -0.0156. The second-order valence-electron chi connectivity index (χ2n) is 5.47. The van der Waals surface area contributed by atoms with Crippen molar-refractivity contribution in [3.05, 3.63) is 46.5 Å². The van der Waals surface area contributed by atoms with Gasteiger partial charge in [0, 0.05) is 30.6 Å². The molecule has 0 saturated carbocycles. The number of piperidine rings is 1. The number of rotatable bonds is 4. The number of likely N-dealkylation sites (tertiary alicyclic amines) is 1. The monoisotopic (exact) mass is 318 g/mol. The van der Waals surface area contributed by atoms with Crippen molar-refractivity contribution in [3.8, 4) is 0 Å². The summed E-state index contributed by atoms with van der Waals surface area (Å²) in [7, 11) is 0. The van der Waals surface area contributed by atoms with Gasteiger partial charge in [0.2, 0.25) is 0 Å². The van der Waals surface area contributed by atoms with Crippen molar-refractivity contribution in [2.75, 3.05) is 19.6 Å². The van der Waals surface area contributed by atoms with Crippen LogP contribution in [0.1, 0.15) is 33.6 Å². The van der Waals surface area contributed by atoms with E-state index >= 15 is 0 Å². The van der Waals surface area contributed by atoms with Gasteiger partial charge in [-0.3, -0.25) is 9.59 Å². The van der Waals surface area contributed by atoms with Gasteiger partial charge in [0.05, 0.1) is 11.8 Å². The minimum absolute atomic E-state index is 0.0156. The van der Waals surface area contributed by atoms with Crippen molar-refractivity contribution in [2.45, 2.75) is 12.8 Å². The molecule has 0 aliphatic carbocycles. The van der Waals surface area contributed by atoms with Crippen molar-refractivity contribution in [3.63, 3.8) is 0 Å². The molecule has 1 saturated heterocycles. The molecule has 0 atom stereocenters. The predicted molar refractivity (Wildman–Crippen MR) is 84.0 cm³/mol. The van der Waals surface area contributed by atoms with E-state index in [2.05, 4.69) is 5.32 Å². The number of thiophene rings is 1. The summed E-state index contributed by atoms with van der Waals surface area (Å²) < 4.78 is 4.95. The highest BCUT2D eigenvalue weighted by Crippen LogP contribution is 2.19. The van der Waals surface area contributed by atoms with Gasteiger partial charge in [0.1, 0.15) is 6.26 Å². The molecule has 5 nitrogen and oxygen atoms in total. The van der Waals surface area contributed by atoms with Crippen molar-refractivity contribution in [2.24, 2.45) is 5.92 Å². The van der Waals surface area contributed by atoms with Gasteiger partial charge < -0.3 is 14.6 Å². The molecule has 1 N–H and O–H groups in total. The summed E-state index contributed by atoms with van der Waals surface area (Å²) in [6, 6.07) is 3.52. The van der Waals surface area contributed by atoms with Crippen molar-refractivity contribution in [1.82, 2.24) is 10.2 Å². The fourth-order valence-corrected chi connectivity index (χ4v) is 3.28. The third kappa shape index (κ3) is 3.39. The molecular formula is C16H18N2O3S. The summed E-state index contributed by atoms with van der Waals surface area (Å²) in [5, 5.41) is 6.72. The first-order valence-electron chi connectivity index (χ1n) is 7.36. The lowest BCUT2D eigenvalue weighted by molar-refractivity contribution is 0.0683. The Kier molecular flexibility index (Phi) is 4.58. The Labute approximate surface area is 132 Å². The standard InChI is InChI=1S/C16H18N2O3S/c19-15(14-4-8-22-11-14)17-9-12-1-5-18(6-2-12)16(20)13-3-7-21-10-13/h3-4,7-8,10-12H,1-2,5-6,9H2,(H,17,19). The lowest BCUT2D eigenvalue weighted by atomic mass is 9.96. The summed E-state index contributed by atoms with van der Waals surface area (Å²) in [5.74, 6) is 0.434. The van der Waals surface area contributed by atoms with E-state index in [0.29, 0.717) is 18.0 Å². The summed E-state index contributed by atoms with van der Waals surface area (Å²) in [6.45, 7) is 2.12. The van der Waals surface area contributed by atoms with E-state index in [9.17, 15) is 9.59 Å². The molecule has 22 heavy (non-hydrogen) atoms. The topological polar surface area (TPSA) is 62.6 Å². The van der Waals surface area contributed by atoms with Gasteiger partial charge in [-0.05, 0) is 36.3 Å². The van der Waals surface area contributed by atoms with Crippen molar-refractivity contribution < 1.29 is 14.0 Å². The van der Waals surface area contributed by atoms with E-state index in [1.165, 1.54) is 23.9 Å². The van der Waals surface area contributed by atoms with Crippen LogP contribution in [0.5, 0.6) is 0 Å². The molecule has 116 valence electrons. The Balaban J connectivity index is 1.44. The highest BCUT2D eigenvalue weighted by atomic mass is 32.1. The minimum Gasteiger partial charge on any atom is -0.472 e. The summed E-state index contributed by atoms with van der Waals surface area (Å²) in [6.07, 6.45) is 4.82. The lowest BCUT2D eigenvalue weighted by Gasteiger charge is -2.31. The van der Waals surface area contributed by atoms with Crippen LogP contribution < -0.4 is 5.32 Å². The molecule has 1 fully saturated rings. The highest BCUT2D eigenvalue weighted by Gasteiger charge is 2.24. The van der Waals surface area contributed by atoms with Crippen LogP contribution in [0.2, 0.25) is 0 Å². The molecule has 0 radical (unpaired) electrons. The first kappa shape index (κ1) is 14.8. The molecule has 3 rings (SSSR count). The van der Waals surface area contributed by atoms with Crippen LogP contribution in [0.15, 0.2) is 39.8 Å². The van der Waals surface area contributed by atoms with Crippen LogP contribution in [-0.2, 0) is 0 Å². The molecule has 0 bridgehead atoms. The maximum absolute atomic E-state index is 12.2. The molecule has 0 aromatic carbocycles. The van der Waals surface area contributed by atoms with Gasteiger partial charge in [-0.15, -0.1) is 0 Å². The fourth-order valence-electron chi connectivity index (χ4n) is 2.64. The fraction of sp³-hybridized carbons (Fsp3) is 0.375. The van der Waals surface area contributed by atoms with Crippen molar-refractivity contribution in [1.29, 1.82) is 0 Å². The smallest absolute Gasteiger partial charge is 0.257 e. The Hall–Kier alpha value is -2.08. The van der Waals surface area contributed by atoms with Gasteiger partial charge in [0.15, 0.2) is 0 Å². The molecule has 2 aromatic heterocycles. The number of carbonyl (C=O) groups is 2. The number of hydrogen-bond donors (Lipinski definition) is 1. The molecule has 1 aliphatic rings. The first-order valence-corrected chi connectivity index (χ1v) is 8.30. The van der Waals surface area contributed by atoms with Crippen LogP contribution >= 0.6 is 11.3 Å². The SMILES string of the molecule is O=C(NCC1CCN(C(=O)c2ccoc2)CC1)c1ccsc1. The summed E-state index contributed by atoms with van der Waals surface area (Å²) in [5.41, 5.74) is 1.32. The van der Waals surface area contributed by atoms with E-state index in [1.54, 1.807) is 6.07 Å². The van der Waals surface area contributed by atoms with Crippen LogP contribution in [0.25, 0.3) is 0 Å². The van der Waals surface area contributed by atoms with E-state index in [4.69, 9.17) is 4.42 Å². The maximum Gasteiger partial charge on any atom is 0.257 e. The molecule has 2 amide bonds. The van der Waals surface area contributed by atoms with E-state index < -0.39 is 0 Å². The van der Waals surface area contributed by atoms with Crippen LogP contribution in [0, 0.1) is 5.92 Å². The van der Waals surface area contributed by atoms with Crippen molar-refractivity contribution >= 4 is 23.2 Å². The molecule has 0 unspecified atom stereocenters. The van der Waals surface area contributed by atoms with Gasteiger partial charge in [0.25, 0.3) is 11.8 Å². The molecule has 2 aromatic rings. The zero-order valence-electron chi connectivity index (χ0n) is 12.2. The Morgan fingerprint density at radius 3 is 2.73 bits per heavy atom. The third-order valence-electron chi connectivity index (χ3n) is 4.00. The molecule has 1 aliphatic heterocycles. The lowest BCUT2D eigenvalue weighted by Crippen LogP contribution is -2.41. The van der Waals surface area contributed by atoms with Gasteiger partial charge in [-0.1, -0.05) is 0 Å². The van der Waals surface area contributed by atoms with Crippen LogP contribution in [0.3, 0.4) is 0 Å². The maximum atomic E-state index is 12.2. The largest absolute Gasteiger partial charge is 0.472 e. The van der Waals surface area contributed by atoms with E-state index in [0.717, 1.165) is 31.5 Å². The zero-order valence-corrected chi connectivity index (χ0v) is 13.0. The first-order chi connectivity index (χ1) is 10.7. The average molecular weight is 318 g/mol. The number of carbonyl (C=O) groups excluding carboxylic acids is 2. The molecule has 6 heteroatoms. The normalized spacial score (nSPS) is 15.7. The van der Waals surface area contributed by atoms with E-state index in [1.807, 2.05) is 21.7 Å². The summed E-state index contributed by atoms with van der Waals surface area (Å²) >= 11 is 1.52. The Morgan fingerprint density at radius 2 is 2.09 bits per heavy atom. The predicted octanol–water partition coefficient (Wildman–Crippen LogP) is 2.62. The van der Waals surface area contributed by atoms with Crippen LogP contribution in [0.4, 0.5) is 0 Å². The second-order valence-corrected chi connectivity index (χ2v) is 6.25. The molecule has 3 heterocycles. The van der Waals surface area contributed by atoms with Gasteiger partial charge in [-0.25, -0.2) is 0 Å². The van der Waals surface area contributed by atoms with Gasteiger partial charge >= 0.3 is 0 Å². The number of furan rings is 1. The number of hydrogen-bond acceptors (Lipinski definition) is 4. The zero-order chi connectivity index (χ0) is 15.4. The van der Waals surface area contributed by atoms with Crippen LogP contribution in [-0.4, -0.2) is 36.3 Å². The highest BCUT2D eigenvalue weighted by molar-refractivity contribution is 7.08. The number of amides is 2. The second kappa shape index (κ2) is 6.79. The van der Waals surface area contributed by atoms with Gasteiger partial charge in [-0.2, -0.15) is 11.3 Å². The molecule has 0 spiro atoms. The summed E-state index contributed by atoms with van der Waals surface area (Å²) in [4.78, 5) is 25.9. The Morgan fingerprint density at radius 1 is 1.27 bits per heavy atom. The quantitative estimate of drug-likeness (QED) is 0.942. The number of nitrogens with zero attached hydrogens (tertiary/aromatic N) is 1. The Bertz CT molecular complexity index is 614. The average Bonchev–Trinajstić information content (AvgIpc) is 3.25. The van der Waals surface area contributed by atoms with E-state index in [-0.39, 0.29) is 11.8 Å².